The number of anilines is 1. The van der Waals surface area contributed by atoms with Crippen molar-refractivity contribution in [3.8, 4) is 29.8 Å². The van der Waals surface area contributed by atoms with Crippen molar-refractivity contribution < 1.29 is 28.8 Å². The minimum Gasteiger partial charge on any atom is -0.478 e. The number of carbonyl (C=O) groups is 1. The fourth-order valence-electron chi connectivity index (χ4n) is 5.34. The molecule has 0 spiro atoms. The van der Waals surface area contributed by atoms with Crippen molar-refractivity contribution in [1.29, 1.82) is 5.26 Å². The zero-order valence-electron chi connectivity index (χ0n) is 29.3. The van der Waals surface area contributed by atoms with E-state index in [2.05, 4.69) is 51.7 Å². The summed E-state index contributed by atoms with van der Waals surface area (Å²) in [6.07, 6.45) is 0. The smallest absolute Gasteiger partial charge is 0.335 e. The monoisotopic (exact) mass is 697 g/mol. The van der Waals surface area contributed by atoms with Gasteiger partial charge in [0, 0.05) is 60.7 Å². The molecule has 0 atom stereocenters. The summed E-state index contributed by atoms with van der Waals surface area (Å²) < 4.78 is 23.6. The average molecular weight is 698 g/mol. The van der Waals surface area contributed by atoms with Gasteiger partial charge in [-0.15, -0.1) is 0 Å². The molecule has 0 unspecified atom stereocenters. The van der Waals surface area contributed by atoms with Crippen LogP contribution in [0.2, 0.25) is 0 Å². The van der Waals surface area contributed by atoms with Crippen molar-refractivity contribution in [2.45, 2.75) is 6.54 Å². The molecule has 1 aliphatic heterocycles. The molecule has 9 nitrogen and oxygen atoms in total. The molecule has 0 radical (unpaired) electrons. The Kier molecular flexibility index (Phi) is 15.3. The lowest BCUT2D eigenvalue weighted by molar-refractivity contribution is 0.0211. The molecule has 1 fully saturated rings. The molecule has 1 heterocycles. The zero-order valence-corrected chi connectivity index (χ0v) is 29.3. The molecule has 52 heavy (non-hydrogen) atoms. The van der Waals surface area contributed by atoms with Gasteiger partial charge in [0.1, 0.15) is 0 Å². The van der Waals surface area contributed by atoms with E-state index in [1.807, 2.05) is 60.7 Å². The minimum atomic E-state index is -0.955. The second-order valence-corrected chi connectivity index (χ2v) is 12.0. The van der Waals surface area contributed by atoms with Gasteiger partial charge in [0.25, 0.3) is 0 Å². The Hall–Kier alpha value is -5.44. The Morgan fingerprint density at radius 1 is 0.538 bits per heavy atom. The number of aromatic carboxylic acids is 1. The van der Waals surface area contributed by atoms with E-state index in [1.165, 1.54) is 0 Å². The first-order valence-corrected chi connectivity index (χ1v) is 17.4. The number of ether oxygens (including phenoxy) is 4. The summed E-state index contributed by atoms with van der Waals surface area (Å²) >= 11 is 0. The lowest BCUT2D eigenvalue weighted by Gasteiger charge is -2.25. The highest BCUT2D eigenvalue weighted by Crippen LogP contribution is 2.16. The van der Waals surface area contributed by atoms with E-state index in [4.69, 9.17) is 29.3 Å². The van der Waals surface area contributed by atoms with Crippen molar-refractivity contribution in [2.75, 3.05) is 83.9 Å². The number of benzene rings is 4. The van der Waals surface area contributed by atoms with Crippen LogP contribution < -0.4 is 4.90 Å². The largest absolute Gasteiger partial charge is 0.478 e. The van der Waals surface area contributed by atoms with Gasteiger partial charge in [-0.25, -0.2) is 4.79 Å². The molecule has 4 aromatic carbocycles. The van der Waals surface area contributed by atoms with Crippen LogP contribution in [0.1, 0.15) is 43.7 Å². The van der Waals surface area contributed by atoms with E-state index in [0.29, 0.717) is 71.5 Å². The van der Waals surface area contributed by atoms with Gasteiger partial charge in [-0.05, 0) is 90.5 Å². The second-order valence-electron chi connectivity index (χ2n) is 12.0. The van der Waals surface area contributed by atoms with E-state index >= 15 is 0 Å². The Morgan fingerprint density at radius 3 is 1.35 bits per heavy atom. The Bertz CT molecular complexity index is 1840. The molecular formula is C43H43N3O6. The summed E-state index contributed by atoms with van der Waals surface area (Å²) in [6.45, 7) is 8.15. The molecule has 4 aromatic rings. The van der Waals surface area contributed by atoms with Gasteiger partial charge in [0.05, 0.1) is 70.1 Å². The summed E-state index contributed by atoms with van der Waals surface area (Å²) in [5.41, 5.74) is 6.52. The SMILES string of the molecule is N#Cc1ccc(CN2CCOCCOCCN(c3ccc(C#Cc4ccc(C#Cc5ccc(C(=O)O)cc5)cc4)cc3)CCOCCOCC2)cc1. The normalized spacial score (nSPS) is 15.4. The molecule has 5 rings (SSSR count). The maximum atomic E-state index is 11.0. The van der Waals surface area contributed by atoms with Crippen LogP contribution in [-0.2, 0) is 25.5 Å². The fourth-order valence-corrected chi connectivity index (χ4v) is 5.34. The second kappa shape index (κ2) is 21.0. The van der Waals surface area contributed by atoms with E-state index < -0.39 is 5.97 Å². The third-order valence-corrected chi connectivity index (χ3v) is 8.30. The van der Waals surface area contributed by atoms with Crippen LogP contribution in [0.25, 0.3) is 0 Å². The lowest BCUT2D eigenvalue weighted by atomic mass is 10.1. The van der Waals surface area contributed by atoms with E-state index in [9.17, 15) is 4.79 Å². The van der Waals surface area contributed by atoms with E-state index in [0.717, 1.165) is 53.1 Å². The van der Waals surface area contributed by atoms with Crippen molar-refractivity contribution in [3.05, 3.63) is 136 Å². The molecule has 266 valence electrons. The Morgan fingerprint density at radius 2 is 0.923 bits per heavy atom. The fraction of sp³-hybridized carbons (Fsp3) is 0.302. The van der Waals surface area contributed by atoms with Crippen LogP contribution in [0, 0.1) is 35.0 Å². The van der Waals surface area contributed by atoms with Gasteiger partial charge in [-0.1, -0.05) is 35.8 Å². The van der Waals surface area contributed by atoms with E-state index in [-0.39, 0.29) is 5.56 Å². The molecule has 1 aliphatic rings. The van der Waals surface area contributed by atoms with Gasteiger partial charge in [0.15, 0.2) is 0 Å². The van der Waals surface area contributed by atoms with Crippen molar-refractivity contribution in [1.82, 2.24) is 4.90 Å². The van der Waals surface area contributed by atoms with Crippen molar-refractivity contribution in [3.63, 3.8) is 0 Å². The highest BCUT2D eigenvalue weighted by molar-refractivity contribution is 5.87. The van der Waals surface area contributed by atoms with Gasteiger partial charge in [-0.2, -0.15) is 5.26 Å². The van der Waals surface area contributed by atoms with Crippen LogP contribution in [0.3, 0.4) is 0 Å². The number of rotatable bonds is 4. The summed E-state index contributed by atoms with van der Waals surface area (Å²) in [5, 5.41) is 18.1. The third-order valence-electron chi connectivity index (χ3n) is 8.30. The quantitative estimate of drug-likeness (QED) is 0.279. The highest BCUT2D eigenvalue weighted by Gasteiger charge is 2.10. The predicted octanol–water partition coefficient (Wildman–Crippen LogP) is 5.44. The van der Waals surface area contributed by atoms with Crippen LogP contribution in [-0.4, -0.2) is 95.0 Å². The van der Waals surface area contributed by atoms with Gasteiger partial charge in [0.2, 0.25) is 0 Å². The first kappa shape index (κ1) is 37.8. The highest BCUT2D eigenvalue weighted by atomic mass is 16.5. The first-order chi connectivity index (χ1) is 25.6. The number of carboxylic acids is 1. The molecule has 1 saturated heterocycles. The maximum absolute atomic E-state index is 11.0. The van der Waals surface area contributed by atoms with E-state index in [1.54, 1.807) is 24.3 Å². The van der Waals surface area contributed by atoms with Crippen LogP contribution in [0.4, 0.5) is 5.69 Å². The molecule has 0 amide bonds. The molecule has 0 bridgehead atoms. The number of nitrogens with zero attached hydrogens (tertiary/aromatic N) is 3. The number of hydrogen-bond acceptors (Lipinski definition) is 8. The summed E-state index contributed by atoms with van der Waals surface area (Å²) in [6, 6.07) is 32.3. The lowest BCUT2D eigenvalue weighted by Crippen LogP contribution is -2.33. The zero-order chi connectivity index (χ0) is 36.2. The molecule has 0 aromatic heterocycles. The molecule has 0 saturated carbocycles. The third kappa shape index (κ3) is 13.0. The van der Waals surface area contributed by atoms with Crippen LogP contribution in [0.5, 0.6) is 0 Å². The summed E-state index contributed by atoms with van der Waals surface area (Å²) in [4.78, 5) is 15.6. The molecule has 9 heteroatoms. The minimum absolute atomic E-state index is 0.238. The molecular weight excluding hydrogens is 654 g/mol. The van der Waals surface area contributed by atoms with Gasteiger partial charge < -0.3 is 29.0 Å². The van der Waals surface area contributed by atoms with Crippen molar-refractivity contribution in [2.24, 2.45) is 0 Å². The first-order valence-electron chi connectivity index (χ1n) is 17.4. The predicted molar refractivity (Wildman–Crippen MR) is 200 cm³/mol. The molecule has 1 N–H and O–H groups in total. The number of carboxylic acid groups (broad SMARTS) is 1. The average Bonchev–Trinajstić information content (AvgIpc) is 3.18. The van der Waals surface area contributed by atoms with Crippen molar-refractivity contribution >= 4 is 11.7 Å². The summed E-state index contributed by atoms with van der Waals surface area (Å²) in [7, 11) is 0. The Balaban J connectivity index is 1.09. The number of hydrogen-bond donors (Lipinski definition) is 1. The topological polar surface area (TPSA) is 104 Å². The van der Waals surface area contributed by atoms with Crippen LogP contribution >= 0.6 is 0 Å². The van der Waals surface area contributed by atoms with Gasteiger partial charge in [-0.3, -0.25) is 4.90 Å². The summed E-state index contributed by atoms with van der Waals surface area (Å²) in [5.74, 6) is 11.7. The Labute approximate surface area is 306 Å². The standard InChI is InChI=1S/C43H43N3O6/c44-33-39-9-11-40(12-10-39)34-45-21-25-49-29-31-51-27-23-46(24-28-52-32-30-50-26-22-45)42-19-15-38(16-20-42)8-6-36-3-1-35(2-4-36)5-7-37-13-17-41(18-14-37)43(47)48/h1-4,9-20H,21-32,34H2,(H,47,48). The van der Waals surface area contributed by atoms with Crippen LogP contribution in [0.15, 0.2) is 97.1 Å². The van der Waals surface area contributed by atoms with Gasteiger partial charge >= 0.3 is 5.97 Å². The molecule has 0 aliphatic carbocycles. The maximum Gasteiger partial charge on any atom is 0.335 e. The number of nitriles is 1.